The Balaban J connectivity index is 2.11. The molecule has 0 radical (unpaired) electrons. The highest BCUT2D eigenvalue weighted by Crippen LogP contribution is 2.41. The minimum atomic E-state index is -0.126. The molecule has 0 amide bonds. The fourth-order valence-electron chi connectivity index (χ4n) is 3.30. The van der Waals surface area contributed by atoms with E-state index < -0.39 is 0 Å². The Hall–Kier alpha value is -1.68. The lowest BCUT2D eigenvalue weighted by atomic mass is 9.72. The first-order valence-corrected chi connectivity index (χ1v) is 7.67. The lowest BCUT2D eigenvalue weighted by Gasteiger charge is -2.39. The van der Waals surface area contributed by atoms with Crippen LogP contribution in [0.15, 0.2) is 35.5 Å². The standard InChI is InChI=1S/C17H20N2OS/c1-10-6-4-5-7-11(10)15-14-12(18-16(21)19-15)8-17(2,3)9-13(14)20/h4-7,15H,8-9H2,1-3H3,(H2,18,19,21)/t15-/m1/s1. The van der Waals surface area contributed by atoms with Crippen LogP contribution in [0.5, 0.6) is 0 Å². The fraction of sp³-hybridized carbons (Fsp3) is 0.412. The third kappa shape index (κ3) is 2.60. The summed E-state index contributed by atoms with van der Waals surface area (Å²) in [6, 6.07) is 8.03. The zero-order valence-corrected chi connectivity index (χ0v) is 13.4. The third-order valence-corrected chi connectivity index (χ3v) is 4.47. The van der Waals surface area contributed by atoms with E-state index in [0.29, 0.717) is 11.5 Å². The van der Waals surface area contributed by atoms with Crippen LogP contribution in [-0.2, 0) is 4.79 Å². The predicted octanol–water partition coefficient (Wildman–Crippen LogP) is 3.16. The van der Waals surface area contributed by atoms with Crippen molar-refractivity contribution in [1.82, 2.24) is 10.6 Å². The van der Waals surface area contributed by atoms with Crippen molar-refractivity contribution in [2.24, 2.45) is 5.41 Å². The molecule has 2 N–H and O–H groups in total. The Morgan fingerprint density at radius 2 is 1.95 bits per heavy atom. The van der Waals surface area contributed by atoms with E-state index in [2.05, 4.69) is 43.5 Å². The van der Waals surface area contributed by atoms with E-state index in [-0.39, 0.29) is 17.2 Å². The number of carbonyl (C=O) groups is 1. The monoisotopic (exact) mass is 300 g/mol. The van der Waals surface area contributed by atoms with E-state index in [1.165, 1.54) is 5.56 Å². The van der Waals surface area contributed by atoms with Crippen LogP contribution in [0.3, 0.4) is 0 Å². The van der Waals surface area contributed by atoms with Crippen LogP contribution in [0.4, 0.5) is 0 Å². The van der Waals surface area contributed by atoms with Gasteiger partial charge in [0, 0.05) is 17.7 Å². The number of ketones is 1. The third-order valence-electron chi connectivity index (χ3n) is 4.25. The maximum absolute atomic E-state index is 12.7. The molecule has 0 saturated heterocycles. The quantitative estimate of drug-likeness (QED) is 0.782. The number of rotatable bonds is 1. The summed E-state index contributed by atoms with van der Waals surface area (Å²) in [7, 11) is 0. The van der Waals surface area contributed by atoms with Crippen LogP contribution in [0.25, 0.3) is 0 Å². The number of allylic oxidation sites excluding steroid dienone is 1. The summed E-state index contributed by atoms with van der Waals surface area (Å²) < 4.78 is 0. The zero-order valence-electron chi connectivity index (χ0n) is 12.6. The minimum absolute atomic E-state index is 0.00779. The van der Waals surface area contributed by atoms with Crippen LogP contribution in [-0.4, -0.2) is 10.9 Å². The van der Waals surface area contributed by atoms with Crippen molar-refractivity contribution in [3.63, 3.8) is 0 Å². The van der Waals surface area contributed by atoms with Gasteiger partial charge in [-0.05, 0) is 42.1 Å². The van der Waals surface area contributed by atoms with Gasteiger partial charge < -0.3 is 10.6 Å². The van der Waals surface area contributed by atoms with E-state index >= 15 is 0 Å². The first-order chi connectivity index (χ1) is 9.87. The van der Waals surface area contributed by atoms with E-state index in [4.69, 9.17) is 12.2 Å². The van der Waals surface area contributed by atoms with Crippen molar-refractivity contribution in [3.05, 3.63) is 46.7 Å². The summed E-state index contributed by atoms with van der Waals surface area (Å²) in [5, 5.41) is 7.08. The Bertz CT molecular complexity index is 661. The van der Waals surface area contributed by atoms with E-state index in [1.807, 2.05) is 12.1 Å². The van der Waals surface area contributed by atoms with Gasteiger partial charge in [0.15, 0.2) is 10.9 Å². The first-order valence-electron chi connectivity index (χ1n) is 7.27. The van der Waals surface area contributed by atoms with Gasteiger partial charge in [-0.25, -0.2) is 0 Å². The van der Waals surface area contributed by atoms with Crippen molar-refractivity contribution < 1.29 is 4.79 Å². The average molecular weight is 300 g/mol. The largest absolute Gasteiger partial charge is 0.351 e. The van der Waals surface area contributed by atoms with Crippen molar-refractivity contribution in [1.29, 1.82) is 0 Å². The molecule has 0 fully saturated rings. The summed E-state index contributed by atoms with van der Waals surface area (Å²) >= 11 is 5.34. The molecule has 4 heteroatoms. The molecule has 2 aliphatic rings. The van der Waals surface area contributed by atoms with Gasteiger partial charge in [-0.2, -0.15) is 0 Å². The summed E-state index contributed by atoms with van der Waals surface area (Å²) in [5.74, 6) is 0.219. The van der Waals surface area contributed by atoms with Crippen LogP contribution in [0.2, 0.25) is 0 Å². The van der Waals surface area contributed by atoms with Gasteiger partial charge in [-0.1, -0.05) is 38.1 Å². The summed E-state index contributed by atoms with van der Waals surface area (Å²) in [5.41, 5.74) is 4.14. The number of hydrogen-bond acceptors (Lipinski definition) is 2. The molecule has 3 rings (SSSR count). The average Bonchev–Trinajstić information content (AvgIpc) is 2.36. The highest BCUT2D eigenvalue weighted by molar-refractivity contribution is 7.80. The molecule has 0 unspecified atom stereocenters. The molecule has 0 spiro atoms. The van der Waals surface area contributed by atoms with Gasteiger partial charge >= 0.3 is 0 Å². The highest BCUT2D eigenvalue weighted by atomic mass is 32.1. The molecule has 1 aliphatic carbocycles. The second kappa shape index (κ2) is 4.95. The van der Waals surface area contributed by atoms with Crippen LogP contribution in [0, 0.1) is 12.3 Å². The van der Waals surface area contributed by atoms with Gasteiger partial charge in [0.05, 0.1) is 6.04 Å². The summed E-state index contributed by atoms with van der Waals surface area (Å²) in [6.07, 6.45) is 1.45. The van der Waals surface area contributed by atoms with Gasteiger partial charge in [0.1, 0.15) is 0 Å². The maximum atomic E-state index is 12.7. The van der Waals surface area contributed by atoms with Crippen molar-refractivity contribution in [2.45, 2.75) is 39.7 Å². The number of hydrogen-bond donors (Lipinski definition) is 2. The van der Waals surface area contributed by atoms with Crippen molar-refractivity contribution in [2.75, 3.05) is 0 Å². The smallest absolute Gasteiger partial charge is 0.171 e. The van der Waals surface area contributed by atoms with E-state index in [1.54, 1.807) is 0 Å². The number of nitrogens with one attached hydrogen (secondary N) is 2. The number of thiocarbonyl (C=S) groups is 1. The number of aryl methyl sites for hydroxylation is 1. The van der Waals surface area contributed by atoms with Crippen LogP contribution >= 0.6 is 12.2 Å². The second-order valence-corrected chi connectivity index (χ2v) is 7.13. The van der Waals surface area contributed by atoms with Crippen molar-refractivity contribution in [3.8, 4) is 0 Å². The van der Waals surface area contributed by atoms with E-state index in [9.17, 15) is 4.79 Å². The van der Waals surface area contributed by atoms with Crippen LogP contribution < -0.4 is 10.6 Å². The molecule has 0 saturated carbocycles. The molecule has 1 aromatic carbocycles. The summed E-state index contributed by atoms with van der Waals surface area (Å²) in [4.78, 5) is 12.7. The van der Waals surface area contributed by atoms with E-state index in [0.717, 1.165) is 23.3 Å². The molecule has 21 heavy (non-hydrogen) atoms. The fourth-order valence-corrected chi connectivity index (χ4v) is 3.54. The number of Topliss-reactive ketones (excluding diaryl/α,β-unsaturated/α-hetero) is 1. The Labute approximate surface area is 130 Å². The molecule has 1 atom stereocenters. The molecule has 1 aliphatic heterocycles. The molecular formula is C17H20N2OS. The van der Waals surface area contributed by atoms with Gasteiger partial charge in [0.2, 0.25) is 0 Å². The van der Waals surface area contributed by atoms with Gasteiger partial charge in [0.25, 0.3) is 0 Å². The lowest BCUT2D eigenvalue weighted by molar-refractivity contribution is -0.118. The molecular weight excluding hydrogens is 280 g/mol. The Morgan fingerprint density at radius 1 is 1.24 bits per heavy atom. The SMILES string of the molecule is Cc1ccccc1[C@H]1NC(=S)NC2=C1C(=O)CC(C)(C)C2. The molecule has 1 heterocycles. The maximum Gasteiger partial charge on any atom is 0.171 e. The Morgan fingerprint density at radius 3 is 2.67 bits per heavy atom. The van der Waals surface area contributed by atoms with Gasteiger partial charge in [-0.3, -0.25) is 4.79 Å². The Kier molecular flexibility index (Phi) is 3.36. The molecule has 3 nitrogen and oxygen atoms in total. The highest BCUT2D eigenvalue weighted by Gasteiger charge is 2.39. The predicted molar refractivity (Wildman–Crippen MR) is 87.8 cm³/mol. The van der Waals surface area contributed by atoms with Gasteiger partial charge in [-0.15, -0.1) is 0 Å². The molecule has 0 bridgehead atoms. The zero-order chi connectivity index (χ0) is 15.2. The summed E-state index contributed by atoms with van der Waals surface area (Å²) in [6.45, 7) is 6.33. The number of carbonyl (C=O) groups excluding carboxylic acids is 1. The lowest BCUT2D eigenvalue weighted by Crippen LogP contribution is -2.48. The van der Waals surface area contributed by atoms with Crippen molar-refractivity contribution >= 4 is 23.1 Å². The minimum Gasteiger partial charge on any atom is -0.351 e. The number of benzene rings is 1. The normalized spacial score (nSPS) is 24.2. The van der Waals surface area contributed by atoms with Crippen LogP contribution in [0.1, 0.15) is 43.9 Å². The second-order valence-electron chi connectivity index (χ2n) is 6.72. The first kappa shape index (κ1) is 14.3. The molecule has 0 aromatic heterocycles. The molecule has 110 valence electrons. The topological polar surface area (TPSA) is 41.1 Å². The molecule has 1 aromatic rings.